The fourth-order valence-corrected chi connectivity index (χ4v) is 3.56. The van der Waals surface area contributed by atoms with E-state index in [0.717, 1.165) is 25.1 Å². The van der Waals surface area contributed by atoms with Crippen molar-refractivity contribution < 1.29 is 14.3 Å². The molecule has 29 heavy (non-hydrogen) atoms. The van der Waals surface area contributed by atoms with E-state index in [-0.39, 0.29) is 11.8 Å². The van der Waals surface area contributed by atoms with Crippen LogP contribution < -0.4 is 15.4 Å². The van der Waals surface area contributed by atoms with E-state index >= 15 is 0 Å². The van der Waals surface area contributed by atoms with Crippen molar-refractivity contribution in [1.29, 1.82) is 0 Å². The van der Waals surface area contributed by atoms with Gasteiger partial charge in [-0.2, -0.15) is 0 Å². The van der Waals surface area contributed by atoms with Crippen molar-refractivity contribution in [2.75, 3.05) is 30.3 Å². The van der Waals surface area contributed by atoms with E-state index < -0.39 is 0 Å². The van der Waals surface area contributed by atoms with Gasteiger partial charge in [0, 0.05) is 11.7 Å². The smallest absolute Gasteiger partial charge is 0.257 e. The minimum atomic E-state index is -0.267. The Bertz CT molecular complexity index is 836. The van der Waals surface area contributed by atoms with Crippen LogP contribution in [0.5, 0.6) is 5.75 Å². The predicted octanol–water partition coefficient (Wildman–Crippen LogP) is 4.15. The summed E-state index contributed by atoms with van der Waals surface area (Å²) < 4.78 is 5.42. The molecule has 0 radical (unpaired) electrons. The van der Waals surface area contributed by atoms with Gasteiger partial charge in [-0.1, -0.05) is 18.6 Å². The third kappa shape index (κ3) is 5.81. The molecule has 1 heterocycles. The van der Waals surface area contributed by atoms with Gasteiger partial charge >= 0.3 is 0 Å². The van der Waals surface area contributed by atoms with Gasteiger partial charge in [0.05, 0.1) is 24.4 Å². The van der Waals surface area contributed by atoms with E-state index in [1.807, 2.05) is 25.1 Å². The van der Waals surface area contributed by atoms with Crippen LogP contribution in [0.3, 0.4) is 0 Å². The fraction of sp³-hybridized carbons (Fsp3) is 0.391. The molecule has 2 N–H and O–H groups in total. The third-order valence-electron chi connectivity index (χ3n) is 5.16. The number of piperidine rings is 1. The molecule has 1 atom stereocenters. The van der Waals surface area contributed by atoms with Crippen molar-refractivity contribution in [2.24, 2.45) is 0 Å². The molecule has 1 aliphatic heterocycles. The van der Waals surface area contributed by atoms with Crippen molar-refractivity contribution in [2.45, 2.75) is 39.2 Å². The van der Waals surface area contributed by atoms with Gasteiger partial charge in [0.15, 0.2) is 0 Å². The molecule has 154 valence electrons. The maximum Gasteiger partial charge on any atom is 0.257 e. The number of anilines is 2. The Hall–Kier alpha value is -2.86. The molecule has 1 unspecified atom stereocenters. The topological polar surface area (TPSA) is 70.7 Å². The van der Waals surface area contributed by atoms with Crippen molar-refractivity contribution in [3.05, 3.63) is 54.1 Å². The summed E-state index contributed by atoms with van der Waals surface area (Å²) in [6.07, 6.45) is 3.46. The van der Waals surface area contributed by atoms with E-state index in [1.54, 1.807) is 30.3 Å². The summed E-state index contributed by atoms with van der Waals surface area (Å²) in [6.45, 7) is 5.96. The Morgan fingerprint density at radius 1 is 1.07 bits per heavy atom. The molecule has 6 heteroatoms. The molecule has 0 aromatic heterocycles. The molecule has 1 saturated heterocycles. The summed E-state index contributed by atoms with van der Waals surface area (Å²) in [4.78, 5) is 27.5. The van der Waals surface area contributed by atoms with E-state index in [0.29, 0.717) is 36.1 Å². The monoisotopic (exact) mass is 395 g/mol. The lowest BCUT2D eigenvalue weighted by molar-refractivity contribution is -0.118. The van der Waals surface area contributed by atoms with Crippen molar-refractivity contribution >= 4 is 23.2 Å². The average molecular weight is 396 g/mol. The van der Waals surface area contributed by atoms with Crippen molar-refractivity contribution in [3.8, 4) is 5.75 Å². The van der Waals surface area contributed by atoms with Crippen LogP contribution in [0, 0.1) is 0 Å². The number of nitrogens with zero attached hydrogens (tertiary/aromatic N) is 1. The highest BCUT2D eigenvalue weighted by atomic mass is 16.5. The normalized spacial score (nSPS) is 16.8. The highest BCUT2D eigenvalue weighted by molar-refractivity contribution is 6.10. The Kier molecular flexibility index (Phi) is 7.25. The molecule has 0 saturated carbocycles. The number of rotatable bonds is 7. The summed E-state index contributed by atoms with van der Waals surface area (Å²) in [7, 11) is 0. The second-order valence-electron chi connectivity index (χ2n) is 7.32. The number of hydrogen-bond donors (Lipinski definition) is 2. The number of hydrogen-bond acceptors (Lipinski definition) is 4. The molecule has 0 spiro atoms. The highest BCUT2D eigenvalue weighted by Crippen LogP contribution is 2.20. The van der Waals surface area contributed by atoms with Gasteiger partial charge in [0.1, 0.15) is 5.75 Å². The Morgan fingerprint density at radius 3 is 2.55 bits per heavy atom. The van der Waals surface area contributed by atoms with Crippen LogP contribution in [0.15, 0.2) is 48.5 Å². The van der Waals surface area contributed by atoms with Gasteiger partial charge in [-0.15, -0.1) is 0 Å². The lowest BCUT2D eigenvalue weighted by Crippen LogP contribution is -2.42. The molecule has 2 amide bonds. The van der Waals surface area contributed by atoms with Crippen molar-refractivity contribution in [1.82, 2.24) is 4.90 Å². The zero-order valence-corrected chi connectivity index (χ0v) is 17.1. The summed E-state index contributed by atoms with van der Waals surface area (Å²) in [5.74, 6) is 0.390. The minimum absolute atomic E-state index is 0.0972. The summed E-state index contributed by atoms with van der Waals surface area (Å²) in [6, 6.07) is 14.7. The first-order valence-corrected chi connectivity index (χ1v) is 10.2. The lowest BCUT2D eigenvalue weighted by Gasteiger charge is -2.32. The van der Waals surface area contributed by atoms with E-state index in [1.165, 1.54) is 6.42 Å². The standard InChI is InChI=1S/C23H29N3O3/c1-3-29-19-13-11-18(12-14-19)24-23(28)20-9-4-5-10-21(20)25-22(27)16-26-15-7-6-8-17(26)2/h4-5,9-14,17H,3,6-8,15-16H2,1-2H3,(H,24,28)(H,25,27). The van der Waals surface area contributed by atoms with Gasteiger partial charge in [0.2, 0.25) is 5.91 Å². The Morgan fingerprint density at radius 2 is 1.83 bits per heavy atom. The van der Waals surface area contributed by atoms with Gasteiger partial charge in [-0.25, -0.2) is 0 Å². The molecule has 3 rings (SSSR count). The summed E-state index contributed by atoms with van der Waals surface area (Å²) in [5.41, 5.74) is 1.62. The quantitative estimate of drug-likeness (QED) is 0.739. The predicted molar refractivity (Wildman–Crippen MR) is 116 cm³/mol. The third-order valence-corrected chi connectivity index (χ3v) is 5.16. The first-order chi connectivity index (χ1) is 14.1. The number of benzene rings is 2. The van der Waals surface area contributed by atoms with Crippen LogP contribution in [0.25, 0.3) is 0 Å². The van der Waals surface area contributed by atoms with Gasteiger partial charge in [-0.05, 0) is 69.6 Å². The molecule has 1 fully saturated rings. The van der Waals surface area contributed by atoms with E-state index in [9.17, 15) is 9.59 Å². The second kappa shape index (κ2) is 10.1. The SMILES string of the molecule is CCOc1ccc(NC(=O)c2ccccc2NC(=O)CN2CCCCC2C)cc1. The minimum Gasteiger partial charge on any atom is -0.494 e. The van der Waals surface area contributed by atoms with Crippen LogP contribution in [0.2, 0.25) is 0 Å². The van der Waals surface area contributed by atoms with Gasteiger partial charge < -0.3 is 15.4 Å². The molecule has 0 aliphatic carbocycles. The maximum atomic E-state index is 12.8. The Labute approximate surface area is 172 Å². The number of carbonyl (C=O) groups is 2. The molecule has 2 aromatic rings. The van der Waals surface area contributed by atoms with Crippen LogP contribution in [0.4, 0.5) is 11.4 Å². The average Bonchev–Trinajstić information content (AvgIpc) is 2.72. The van der Waals surface area contributed by atoms with Crippen molar-refractivity contribution in [3.63, 3.8) is 0 Å². The van der Waals surface area contributed by atoms with Crippen LogP contribution in [0.1, 0.15) is 43.5 Å². The summed E-state index contributed by atoms with van der Waals surface area (Å²) >= 11 is 0. The number of amides is 2. The van der Waals surface area contributed by atoms with E-state index in [4.69, 9.17) is 4.74 Å². The van der Waals surface area contributed by atoms with Crippen LogP contribution >= 0.6 is 0 Å². The molecule has 1 aliphatic rings. The zero-order valence-electron chi connectivity index (χ0n) is 17.1. The Balaban J connectivity index is 1.64. The summed E-state index contributed by atoms with van der Waals surface area (Å²) in [5, 5.41) is 5.78. The highest BCUT2D eigenvalue weighted by Gasteiger charge is 2.21. The molecule has 6 nitrogen and oxygen atoms in total. The van der Waals surface area contributed by atoms with Gasteiger partial charge in [0.25, 0.3) is 5.91 Å². The van der Waals surface area contributed by atoms with E-state index in [2.05, 4.69) is 22.5 Å². The maximum absolute atomic E-state index is 12.8. The largest absolute Gasteiger partial charge is 0.494 e. The number of nitrogens with one attached hydrogen (secondary N) is 2. The molecule has 0 bridgehead atoms. The molecule has 2 aromatic carbocycles. The van der Waals surface area contributed by atoms with Gasteiger partial charge in [-0.3, -0.25) is 14.5 Å². The molecular weight excluding hydrogens is 366 g/mol. The first kappa shape index (κ1) is 20.9. The van der Waals surface area contributed by atoms with Crippen LogP contribution in [-0.4, -0.2) is 42.5 Å². The molecular formula is C23H29N3O3. The second-order valence-corrected chi connectivity index (χ2v) is 7.32. The number of ether oxygens (including phenoxy) is 1. The zero-order chi connectivity index (χ0) is 20.6. The fourth-order valence-electron chi connectivity index (χ4n) is 3.56. The number of likely N-dealkylation sites (tertiary alicyclic amines) is 1. The number of carbonyl (C=O) groups excluding carboxylic acids is 2. The van der Waals surface area contributed by atoms with Crippen LogP contribution in [-0.2, 0) is 4.79 Å². The number of para-hydroxylation sites is 1. The first-order valence-electron chi connectivity index (χ1n) is 10.2. The lowest BCUT2D eigenvalue weighted by atomic mass is 10.0.